The summed E-state index contributed by atoms with van der Waals surface area (Å²) in [5.41, 5.74) is 0.323. The van der Waals surface area contributed by atoms with E-state index in [0.29, 0.717) is 36.8 Å². The summed E-state index contributed by atoms with van der Waals surface area (Å²) in [6.45, 7) is 3.54. The standard InChI is InChI=1S/C18H23F3N4O4/c1-13(26)24-7-9-25(10-8-24)17(28)12-23(2)11-16(27)22-14-3-5-15(6-4-14)29-18(19,20)21/h3-6H,7-12H2,1-2H3,(H,22,27)/p+1. The van der Waals surface area contributed by atoms with E-state index in [-0.39, 0.29) is 36.6 Å². The van der Waals surface area contributed by atoms with Gasteiger partial charge in [0.25, 0.3) is 11.8 Å². The van der Waals surface area contributed by atoms with Gasteiger partial charge in [-0.15, -0.1) is 13.2 Å². The molecule has 0 bridgehead atoms. The quantitative estimate of drug-likeness (QED) is 0.668. The molecule has 1 fully saturated rings. The lowest BCUT2D eigenvalue weighted by Crippen LogP contribution is -3.11. The number of quaternary nitrogens is 1. The van der Waals surface area contributed by atoms with Crippen molar-refractivity contribution in [3.05, 3.63) is 24.3 Å². The van der Waals surface area contributed by atoms with Crippen LogP contribution in [-0.4, -0.2) is 80.2 Å². The van der Waals surface area contributed by atoms with Gasteiger partial charge < -0.3 is 24.8 Å². The van der Waals surface area contributed by atoms with Crippen LogP contribution in [0.5, 0.6) is 5.75 Å². The van der Waals surface area contributed by atoms with Crippen LogP contribution in [0.25, 0.3) is 0 Å². The predicted octanol–water partition coefficient (Wildman–Crippen LogP) is -0.271. The highest BCUT2D eigenvalue weighted by molar-refractivity contribution is 5.91. The van der Waals surface area contributed by atoms with Gasteiger partial charge in [0, 0.05) is 38.8 Å². The first-order chi connectivity index (χ1) is 13.5. The zero-order chi connectivity index (χ0) is 21.6. The van der Waals surface area contributed by atoms with Crippen LogP contribution >= 0.6 is 0 Å². The predicted molar refractivity (Wildman–Crippen MR) is 97.2 cm³/mol. The van der Waals surface area contributed by atoms with Gasteiger partial charge in [-0.1, -0.05) is 0 Å². The summed E-state index contributed by atoms with van der Waals surface area (Å²) in [6, 6.07) is 4.80. The second kappa shape index (κ2) is 9.59. The van der Waals surface area contributed by atoms with Crippen molar-refractivity contribution in [1.29, 1.82) is 0 Å². The molecule has 1 aliphatic heterocycles. The average molecular weight is 417 g/mol. The number of alkyl halides is 3. The second-order valence-electron chi connectivity index (χ2n) is 6.82. The molecule has 2 rings (SSSR count). The van der Waals surface area contributed by atoms with Crippen molar-refractivity contribution in [1.82, 2.24) is 9.80 Å². The molecular weight excluding hydrogens is 393 g/mol. The van der Waals surface area contributed by atoms with E-state index >= 15 is 0 Å². The number of benzene rings is 1. The smallest absolute Gasteiger partial charge is 0.406 e. The van der Waals surface area contributed by atoms with Crippen LogP contribution in [0.15, 0.2) is 24.3 Å². The van der Waals surface area contributed by atoms with Crippen LogP contribution in [0.4, 0.5) is 18.9 Å². The number of ether oxygens (including phenoxy) is 1. The minimum atomic E-state index is -4.78. The minimum absolute atomic E-state index is 0.0138. The van der Waals surface area contributed by atoms with Crippen molar-refractivity contribution in [3.8, 4) is 5.75 Å². The molecular formula is C18H24F3N4O4+. The molecule has 1 atom stereocenters. The highest BCUT2D eigenvalue weighted by Gasteiger charge is 2.31. The molecule has 0 saturated carbocycles. The number of halogens is 3. The topological polar surface area (TPSA) is 83.4 Å². The van der Waals surface area contributed by atoms with E-state index in [2.05, 4.69) is 10.1 Å². The number of nitrogens with one attached hydrogen (secondary N) is 2. The summed E-state index contributed by atoms with van der Waals surface area (Å²) in [6.07, 6.45) is -4.78. The Morgan fingerprint density at radius 1 is 1.03 bits per heavy atom. The van der Waals surface area contributed by atoms with Gasteiger partial charge >= 0.3 is 6.36 Å². The minimum Gasteiger partial charge on any atom is -0.406 e. The van der Waals surface area contributed by atoms with Gasteiger partial charge in [-0.25, -0.2) is 0 Å². The van der Waals surface area contributed by atoms with E-state index in [1.165, 1.54) is 19.1 Å². The Hall–Kier alpha value is -2.82. The first-order valence-electron chi connectivity index (χ1n) is 9.04. The van der Waals surface area contributed by atoms with Crippen LogP contribution in [0, 0.1) is 0 Å². The summed E-state index contributed by atoms with van der Waals surface area (Å²) in [7, 11) is 1.70. The Balaban J connectivity index is 1.76. The number of hydrogen-bond donors (Lipinski definition) is 2. The van der Waals surface area contributed by atoms with Crippen LogP contribution in [-0.2, 0) is 14.4 Å². The van der Waals surface area contributed by atoms with E-state index in [0.717, 1.165) is 12.1 Å². The maximum Gasteiger partial charge on any atom is 0.573 e. The number of likely N-dealkylation sites (N-methyl/N-ethyl adjacent to an activating group) is 1. The third kappa shape index (κ3) is 7.60. The summed E-state index contributed by atoms with van der Waals surface area (Å²) in [5.74, 6) is -0.878. The molecule has 0 radical (unpaired) electrons. The molecule has 1 unspecified atom stereocenters. The molecule has 2 N–H and O–H groups in total. The number of nitrogens with zero attached hydrogens (tertiary/aromatic N) is 2. The van der Waals surface area contributed by atoms with Crippen molar-refractivity contribution in [2.75, 3.05) is 51.6 Å². The number of carbonyl (C=O) groups is 3. The van der Waals surface area contributed by atoms with Crippen molar-refractivity contribution in [2.24, 2.45) is 0 Å². The molecule has 3 amide bonds. The largest absolute Gasteiger partial charge is 0.573 e. The van der Waals surface area contributed by atoms with Crippen LogP contribution in [0.1, 0.15) is 6.92 Å². The zero-order valence-corrected chi connectivity index (χ0v) is 16.2. The fourth-order valence-corrected chi connectivity index (χ4v) is 2.92. The summed E-state index contributed by atoms with van der Waals surface area (Å²) >= 11 is 0. The maximum atomic E-state index is 12.3. The van der Waals surface area contributed by atoms with Crippen LogP contribution in [0.2, 0.25) is 0 Å². The van der Waals surface area contributed by atoms with Crippen molar-refractivity contribution in [2.45, 2.75) is 13.3 Å². The monoisotopic (exact) mass is 417 g/mol. The van der Waals surface area contributed by atoms with Gasteiger partial charge in [0.2, 0.25) is 5.91 Å². The summed E-state index contributed by atoms with van der Waals surface area (Å²) < 4.78 is 40.2. The molecule has 0 aliphatic carbocycles. The fourth-order valence-electron chi connectivity index (χ4n) is 2.92. The van der Waals surface area contributed by atoms with Crippen molar-refractivity contribution < 1.29 is 37.2 Å². The van der Waals surface area contributed by atoms with Gasteiger partial charge in [-0.2, -0.15) is 0 Å². The SMILES string of the molecule is CC(=O)N1CCN(C(=O)C[NH+](C)CC(=O)Nc2ccc(OC(F)(F)F)cc2)CC1. The van der Waals surface area contributed by atoms with E-state index in [1.807, 2.05) is 0 Å². The molecule has 1 saturated heterocycles. The number of anilines is 1. The maximum absolute atomic E-state index is 12.3. The Kier molecular flexibility index (Phi) is 7.43. The normalized spacial score (nSPS) is 15.6. The average Bonchev–Trinajstić information content (AvgIpc) is 2.62. The lowest BCUT2D eigenvalue weighted by Gasteiger charge is -2.34. The van der Waals surface area contributed by atoms with Crippen LogP contribution < -0.4 is 15.0 Å². The Morgan fingerprint density at radius 3 is 2.10 bits per heavy atom. The Labute approximate surface area is 166 Å². The number of hydrogen-bond acceptors (Lipinski definition) is 4. The second-order valence-corrected chi connectivity index (χ2v) is 6.82. The summed E-state index contributed by atoms with van der Waals surface area (Å²) in [4.78, 5) is 39.8. The zero-order valence-electron chi connectivity index (χ0n) is 16.2. The molecule has 1 aromatic carbocycles. The number of amides is 3. The van der Waals surface area contributed by atoms with Crippen molar-refractivity contribution in [3.63, 3.8) is 0 Å². The lowest BCUT2D eigenvalue weighted by molar-refractivity contribution is -0.862. The molecule has 0 spiro atoms. The van der Waals surface area contributed by atoms with E-state index in [9.17, 15) is 27.6 Å². The number of piperazine rings is 1. The van der Waals surface area contributed by atoms with E-state index < -0.39 is 6.36 Å². The lowest BCUT2D eigenvalue weighted by atomic mass is 10.3. The molecule has 0 aromatic heterocycles. The van der Waals surface area contributed by atoms with Gasteiger partial charge in [0.05, 0.1) is 7.05 Å². The third-order valence-corrected chi connectivity index (χ3v) is 4.36. The van der Waals surface area contributed by atoms with E-state index in [1.54, 1.807) is 16.8 Å². The fraction of sp³-hybridized carbons (Fsp3) is 0.500. The third-order valence-electron chi connectivity index (χ3n) is 4.36. The molecule has 160 valence electrons. The highest BCUT2D eigenvalue weighted by atomic mass is 19.4. The van der Waals surface area contributed by atoms with Gasteiger partial charge in [0.15, 0.2) is 13.1 Å². The highest BCUT2D eigenvalue weighted by Crippen LogP contribution is 2.23. The first kappa shape index (κ1) is 22.5. The van der Waals surface area contributed by atoms with Gasteiger partial charge in [0.1, 0.15) is 5.75 Å². The Bertz CT molecular complexity index is 732. The first-order valence-corrected chi connectivity index (χ1v) is 9.04. The van der Waals surface area contributed by atoms with Gasteiger partial charge in [-0.3, -0.25) is 14.4 Å². The molecule has 29 heavy (non-hydrogen) atoms. The molecule has 1 heterocycles. The Morgan fingerprint density at radius 2 is 1.59 bits per heavy atom. The van der Waals surface area contributed by atoms with Crippen LogP contribution in [0.3, 0.4) is 0 Å². The molecule has 1 aromatic rings. The van der Waals surface area contributed by atoms with E-state index in [4.69, 9.17) is 0 Å². The summed E-state index contributed by atoms with van der Waals surface area (Å²) in [5, 5.41) is 2.57. The van der Waals surface area contributed by atoms with Crippen molar-refractivity contribution >= 4 is 23.4 Å². The molecule has 11 heteroatoms. The van der Waals surface area contributed by atoms with Gasteiger partial charge in [-0.05, 0) is 24.3 Å². The number of rotatable bonds is 6. The molecule has 1 aliphatic rings. The molecule has 8 nitrogen and oxygen atoms in total. The number of carbonyl (C=O) groups excluding carboxylic acids is 3.